The highest BCUT2D eigenvalue weighted by Crippen LogP contribution is 2.25. The van der Waals surface area contributed by atoms with E-state index in [1.165, 1.54) is 4.31 Å². The van der Waals surface area contributed by atoms with Gasteiger partial charge in [0, 0.05) is 6.54 Å². The molecule has 1 fully saturated rings. The molecule has 16 heavy (non-hydrogen) atoms. The first-order valence-electron chi connectivity index (χ1n) is 5.75. The van der Waals surface area contributed by atoms with Crippen LogP contribution in [-0.4, -0.2) is 36.1 Å². The van der Waals surface area contributed by atoms with Crippen molar-refractivity contribution in [3.8, 4) is 0 Å². The molecule has 2 N–H and O–H groups in total. The molecule has 0 spiro atoms. The van der Waals surface area contributed by atoms with E-state index in [2.05, 4.69) is 0 Å². The fourth-order valence-electron chi connectivity index (χ4n) is 2.13. The average Bonchev–Trinajstić information content (AvgIpc) is 2.26. The maximum Gasteiger partial charge on any atom is 0.217 e. The lowest BCUT2D eigenvalue weighted by atomic mass is 10.0. The van der Waals surface area contributed by atoms with Crippen LogP contribution in [-0.2, 0) is 10.0 Å². The standard InChI is InChI=1S/C10H20N2O2S2/c1-2-12(8-10(11)15)16(13,14)9-6-4-3-5-7-9/h9H,2-8H2,1H3,(H2,11,15). The van der Waals surface area contributed by atoms with Gasteiger partial charge in [-0.1, -0.05) is 38.4 Å². The van der Waals surface area contributed by atoms with E-state index in [0.29, 0.717) is 6.54 Å². The smallest absolute Gasteiger partial charge is 0.217 e. The number of nitrogens with two attached hydrogens (primary N) is 1. The molecule has 1 saturated carbocycles. The van der Waals surface area contributed by atoms with Gasteiger partial charge in [0.2, 0.25) is 10.0 Å². The summed E-state index contributed by atoms with van der Waals surface area (Å²) >= 11 is 4.78. The third kappa shape index (κ3) is 3.40. The van der Waals surface area contributed by atoms with Crippen LogP contribution in [0, 0.1) is 0 Å². The van der Waals surface area contributed by atoms with Crippen molar-refractivity contribution in [1.82, 2.24) is 4.31 Å². The zero-order valence-corrected chi connectivity index (χ0v) is 11.3. The summed E-state index contributed by atoms with van der Waals surface area (Å²) in [6, 6.07) is 0. The molecule has 0 aromatic carbocycles. The predicted octanol–water partition coefficient (Wildman–Crippen LogP) is 1.26. The Morgan fingerprint density at radius 3 is 2.38 bits per heavy atom. The molecule has 0 atom stereocenters. The van der Waals surface area contributed by atoms with Crippen molar-refractivity contribution < 1.29 is 8.42 Å². The molecule has 0 bridgehead atoms. The van der Waals surface area contributed by atoms with Gasteiger partial charge in [0.05, 0.1) is 16.8 Å². The highest BCUT2D eigenvalue weighted by Gasteiger charge is 2.32. The van der Waals surface area contributed by atoms with Crippen LogP contribution in [0.25, 0.3) is 0 Å². The second kappa shape index (κ2) is 5.93. The molecule has 0 aromatic heterocycles. The average molecular weight is 264 g/mol. The normalized spacial score (nSPS) is 18.9. The summed E-state index contributed by atoms with van der Waals surface area (Å²) in [6.45, 7) is 2.43. The summed E-state index contributed by atoms with van der Waals surface area (Å²) in [6.07, 6.45) is 4.71. The third-order valence-electron chi connectivity index (χ3n) is 3.02. The number of hydrogen-bond acceptors (Lipinski definition) is 3. The van der Waals surface area contributed by atoms with Crippen molar-refractivity contribution in [3.05, 3.63) is 0 Å². The van der Waals surface area contributed by atoms with Crippen LogP contribution in [0.4, 0.5) is 0 Å². The van der Waals surface area contributed by atoms with Gasteiger partial charge >= 0.3 is 0 Å². The monoisotopic (exact) mass is 264 g/mol. The molecule has 4 nitrogen and oxygen atoms in total. The van der Waals surface area contributed by atoms with Gasteiger partial charge in [0.15, 0.2) is 0 Å². The number of rotatable bonds is 5. The van der Waals surface area contributed by atoms with Gasteiger partial charge in [0.25, 0.3) is 0 Å². The van der Waals surface area contributed by atoms with E-state index in [0.717, 1.165) is 32.1 Å². The van der Waals surface area contributed by atoms with Gasteiger partial charge < -0.3 is 5.73 Å². The topological polar surface area (TPSA) is 63.4 Å². The number of sulfonamides is 1. The number of nitrogens with zero attached hydrogens (tertiary/aromatic N) is 1. The Morgan fingerprint density at radius 2 is 1.94 bits per heavy atom. The quantitative estimate of drug-likeness (QED) is 0.759. The minimum Gasteiger partial charge on any atom is -0.392 e. The van der Waals surface area contributed by atoms with Crippen molar-refractivity contribution >= 4 is 27.2 Å². The van der Waals surface area contributed by atoms with Crippen LogP contribution in [0.15, 0.2) is 0 Å². The van der Waals surface area contributed by atoms with E-state index in [1.54, 1.807) is 0 Å². The molecule has 0 unspecified atom stereocenters. The highest BCUT2D eigenvalue weighted by atomic mass is 32.2. The van der Waals surface area contributed by atoms with Crippen molar-refractivity contribution in [2.75, 3.05) is 13.1 Å². The summed E-state index contributed by atoms with van der Waals surface area (Å²) in [5, 5.41) is -0.226. The first-order chi connectivity index (χ1) is 7.48. The molecule has 94 valence electrons. The maximum absolute atomic E-state index is 12.3. The van der Waals surface area contributed by atoms with Crippen molar-refractivity contribution in [2.45, 2.75) is 44.3 Å². The zero-order chi connectivity index (χ0) is 12.2. The lowest BCUT2D eigenvalue weighted by Gasteiger charge is -2.28. The Balaban J connectivity index is 2.76. The lowest BCUT2D eigenvalue weighted by Crippen LogP contribution is -2.43. The lowest BCUT2D eigenvalue weighted by molar-refractivity contribution is 0.423. The van der Waals surface area contributed by atoms with Gasteiger partial charge in [-0.05, 0) is 12.8 Å². The Morgan fingerprint density at radius 1 is 1.38 bits per heavy atom. The minimum atomic E-state index is -3.20. The predicted molar refractivity (Wildman–Crippen MR) is 69.8 cm³/mol. The molecule has 1 aliphatic carbocycles. The van der Waals surface area contributed by atoms with E-state index >= 15 is 0 Å². The first-order valence-corrected chi connectivity index (χ1v) is 7.67. The second-order valence-corrected chi connectivity index (χ2v) is 6.93. The van der Waals surface area contributed by atoms with Crippen molar-refractivity contribution in [1.29, 1.82) is 0 Å². The molecule has 0 aromatic rings. The van der Waals surface area contributed by atoms with Crippen LogP contribution >= 0.6 is 12.2 Å². The SMILES string of the molecule is CCN(CC(N)=S)S(=O)(=O)C1CCCCC1. The largest absolute Gasteiger partial charge is 0.392 e. The Hall–Kier alpha value is -0.200. The van der Waals surface area contributed by atoms with Crippen LogP contribution < -0.4 is 5.73 Å². The maximum atomic E-state index is 12.3. The number of likely N-dealkylation sites (N-methyl/N-ethyl adjacent to an activating group) is 1. The van der Waals surface area contributed by atoms with E-state index < -0.39 is 10.0 Å². The van der Waals surface area contributed by atoms with Gasteiger partial charge in [-0.25, -0.2) is 8.42 Å². The molecule has 0 heterocycles. The van der Waals surface area contributed by atoms with Gasteiger partial charge in [-0.15, -0.1) is 0 Å². The van der Waals surface area contributed by atoms with Gasteiger partial charge in [-0.3, -0.25) is 0 Å². The van der Waals surface area contributed by atoms with Crippen LogP contribution in [0.5, 0.6) is 0 Å². The van der Waals surface area contributed by atoms with Gasteiger partial charge in [-0.2, -0.15) is 4.31 Å². The summed E-state index contributed by atoms with van der Waals surface area (Å²) in [7, 11) is -3.20. The molecule has 0 amide bonds. The summed E-state index contributed by atoms with van der Waals surface area (Å²) in [5.74, 6) is 0. The fourth-order valence-corrected chi connectivity index (χ4v) is 4.40. The molecule has 0 aliphatic heterocycles. The second-order valence-electron chi connectivity index (χ2n) is 4.20. The highest BCUT2D eigenvalue weighted by molar-refractivity contribution is 7.89. The molecular formula is C10H20N2O2S2. The third-order valence-corrected chi connectivity index (χ3v) is 5.57. The van der Waals surface area contributed by atoms with E-state index in [-0.39, 0.29) is 16.8 Å². The van der Waals surface area contributed by atoms with Crippen molar-refractivity contribution in [3.63, 3.8) is 0 Å². The summed E-state index contributed by atoms with van der Waals surface area (Å²) in [5.41, 5.74) is 5.42. The molecule has 1 rings (SSSR count). The van der Waals surface area contributed by atoms with Gasteiger partial charge in [0.1, 0.15) is 0 Å². The van der Waals surface area contributed by atoms with Crippen LogP contribution in [0.3, 0.4) is 0 Å². The zero-order valence-electron chi connectivity index (χ0n) is 9.68. The molecule has 1 aliphatic rings. The molecule has 0 radical (unpaired) electrons. The molecule has 0 saturated heterocycles. The number of thiocarbonyl (C=S) groups is 1. The minimum absolute atomic E-state index is 0.171. The summed E-state index contributed by atoms with van der Waals surface area (Å²) < 4.78 is 25.9. The Labute approximate surface area is 103 Å². The van der Waals surface area contributed by atoms with E-state index in [4.69, 9.17) is 18.0 Å². The Bertz CT molecular complexity index is 335. The first kappa shape index (κ1) is 13.9. The fraction of sp³-hybridized carbons (Fsp3) is 0.900. The van der Waals surface area contributed by atoms with E-state index in [9.17, 15) is 8.42 Å². The van der Waals surface area contributed by atoms with Crippen LogP contribution in [0.1, 0.15) is 39.0 Å². The van der Waals surface area contributed by atoms with E-state index in [1.807, 2.05) is 6.92 Å². The Kier molecular flexibility index (Phi) is 5.14. The van der Waals surface area contributed by atoms with Crippen LogP contribution in [0.2, 0.25) is 0 Å². The van der Waals surface area contributed by atoms with Crippen molar-refractivity contribution in [2.24, 2.45) is 5.73 Å². The summed E-state index contributed by atoms with van der Waals surface area (Å²) in [4.78, 5) is 0.237. The molecular weight excluding hydrogens is 244 g/mol. The molecule has 6 heteroatoms. The number of hydrogen-bond donors (Lipinski definition) is 1.